The number of rotatable bonds is 7. The van der Waals surface area contributed by atoms with Crippen LogP contribution in [-0.2, 0) is 9.84 Å². The molecule has 3 saturated heterocycles. The van der Waals surface area contributed by atoms with Gasteiger partial charge in [0, 0.05) is 30.1 Å². The monoisotopic (exact) mass is 476 g/mol. The van der Waals surface area contributed by atoms with Gasteiger partial charge >= 0.3 is 0 Å². The van der Waals surface area contributed by atoms with Crippen molar-refractivity contribution >= 4 is 20.7 Å². The summed E-state index contributed by atoms with van der Waals surface area (Å²) in [5, 5.41) is 0.967. The maximum atomic E-state index is 13.8. The number of sulfone groups is 1. The summed E-state index contributed by atoms with van der Waals surface area (Å²) < 4.78 is 33.1. The Morgan fingerprint density at radius 2 is 2.06 bits per heavy atom. The van der Waals surface area contributed by atoms with E-state index in [9.17, 15) is 8.42 Å². The van der Waals surface area contributed by atoms with E-state index >= 15 is 0 Å². The SMILES string of the molecule is C=CC1CN2CCC1C[C@H]2[C@@H](CS(=O)(=O)c1ccccc1C)c1ccnc2ccc(OC)cc12. The third kappa shape index (κ3) is 4.14. The van der Waals surface area contributed by atoms with Crippen LogP contribution < -0.4 is 4.74 Å². The summed E-state index contributed by atoms with van der Waals surface area (Å²) in [7, 11) is -1.86. The number of aromatic nitrogens is 1. The van der Waals surface area contributed by atoms with E-state index in [-0.39, 0.29) is 17.7 Å². The van der Waals surface area contributed by atoms with Crippen molar-refractivity contribution in [2.75, 3.05) is 26.0 Å². The Kier molecular flexibility index (Phi) is 6.21. The Morgan fingerprint density at radius 3 is 2.76 bits per heavy atom. The molecule has 5 nitrogen and oxygen atoms in total. The van der Waals surface area contributed by atoms with Crippen LogP contribution in [0.4, 0.5) is 0 Å². The minimum Gasteiger partial charge on any atom is -0.497 e. The molecule has 5 atom stereocenters. The highest BCUT2D eigenvalue weighted by atomic mass is 32.2. The number of methoxy groups -OCH3 is 1. The Balaban J connectivity index is 1.62. The van der Waals surface area contributed by atoms with Crippen LogP contribution in [-0.4, -0.2) is 50.3 Å². The van der Waals surface area contributed by atoms with Crippen molar-refractivity contribution in [2.24, 2.45) is 11.8 Å². The van der Waals surface area contributed by atoms with Crippen molar-refractivity contribution in [3.63, 3.8) is 0 Å². The zero-order valence-electron chi connectivity index (χ0n) is 19.9. The third-order valence-corrected chi connectivity index (χ3v) is 9.75. The zero-order chi connectivity index (χ0) is 23.9. The first-order valence-corrected chi connectivity index (χ1v) is 13.6. The molecule has 178 valence electrons. The molecule has 3 aliphatic heterocycles. The van der Waals surface area contributed by atoms with Crippen molar-refractivity contribution in [1.82, 2.24) is 9.88 Å². The fourth-order valence-electron chi connectivity index (χ4n) is 6.03. The van der Waals surface area contributed by atoms with E-state index in [1.54, 1.807) is 19.4 Å². The lowest BCUT2D eigenvalue weighted by atomic mass is 9.71. The first-order valence-electron chi connectivity index (χ1n) is 12.0. The minimum atomic E-state index is -3.51. The van der Waals surface area contributed by atoms with E-state index in [2.05, 4.69) is 22.5 Å². The highest BCUT2D eigenvalue weighted by Crippen LogP contribution is 2.44. The number of hydrogen-bond acceptors (Lipinski definition) is 5. The molecule has 34 heavy (non-hydrogen) atoms. The molecular formula is C28H32N2O3S. The van der Waals surface area contributed by atoms with Gasteiger partial charge in [-0.3, -0.25) is 9.88 Å². The van der Waals surface area contributed by atoms with Crippen LogP contribution in [0, 0.1) is 18.8 Å². The quantitative estimate of drug-likeness (QED) is 0.449. The highest BCUT2D eigenvalue weighted by molar-refractivity contribution is 7.91. The summed E-state index contributed by atoms with van der Waals surface area (Å²) in [6.07, 6.45) is 6.02. The Bertz CT molecular complexity index is 1320. The molecule has 3 aromatic rings. The lowest BCUT2D eigenvalue weighted by Crippen LogP contribution is -2.55. The molecule has 2 bridgehead atoms. The topological polar surface area (TPSA) is 59.5 Å². The van der Waals surface area contributed by atoms with E-state index < -0.39 is 9.84 Å². The second kappa shape index (κ2) is 9.16. The van der Waals surface area contributed by atoms with Crippen molar-refractivity contribution in [2.45, 2.75) is 36.6 Å². The molecule has 2 aromatic carbocycles. The van der Waals surface area contributed by atoms with Crippen LogP contribution in [0.15, 0.2) is 72.3 Å². The highest BCUT2D eigenvalue weighted by Gasteiger charge is 2.44. The van der Waals surface area contributed by atoms with Gasteiger partial charge in [0.1, 0.15) is 5.75 Å². The Labute approximate surface area is 202 Å². The van der Waals surface area contributed by atoms with E-state index in [0.29, 0.717) is 16.7 Å². The molecule has 0 N–H and O–H groups in total. The Morgan fingerprint density at radius 1 is 1.24 bits per heavy atom. The smallest absolute Gasteiger partial charge is 0.179 e. The van der Waals surface area contributed by atoms with Crippen LogP contribution in [0.1, 0.15) is 29.9 Å². The summed E-state index contributed by atoms with van der Waals surface area (Å²) in [6.45, 7) is 7.88. The predicted octanol–water partition coefficient (Wildman–Crippen LogP) is 5.01. The predicted molar refractivity (Wildman–Crippen MR) is 136 cm³/mol. The van der Waals surface area contributed by atoms with Gasteiger partial charge in [0.15, 0.2) is 9.84 Å². The average molecular weight is 477 g/mol. The van der Waals surface area contributed by atoms with Gasteiger partial charge in [-0.15, -0.1) is 6.58 Å². The fourth-order valence-corrected chi connectivity index (χ4v) is 7.93. The lowest BCUT2D eigenvalue weighted by molar-refractivity contribution is 0.00969. The van der Waals surface area contributed by atoms with Crippen LogP contribution in [0.5, 0.6) is 5.75 Å². The standard InChI is InChI=1S/C28H32N2O3S/c1-4-20-17-30-14-12-21(20)15-27(30)25(18-34(31,32)28-8-6-5-7-19(28)2)23-11-13-29-26-10-9-22(33-3)16-24(23)26/h4-11,13,16,20-21,25,27H,1,12,14-15,17-18H2,2-3H3/t20?,21?,25-,27-/m0/s1. The van der Waals surface area contributed by atoms with E-state index in [0.717, 1.165) is 53.7 Å². The maximum Gasteiger partial charge on any atom is 0.179 e. The molecule has 6 rings (SSSR count). The van der Waals surface area contributed by atoms with E-state index in [1.165, 1.54) is 0 Å². The van der Waals surface area contributed by atoms with Gasteiger partial charge in [-0.1, -0.05) is 24.3 Å². The van der Waals surface area contributed by atoms with Gasteiger partial charge in [-0.05, 0) is 79.6 Å². The molecule has 0 aliphatic carbocycles. The summed E-state index contributed by atoms with van der Waals surface area (Å²) in [5.41, 5.74) is 2.69. The normalized spacial score (nSPS) is 25.2. The second-order valence-corrected chi connectivity index (χ2v) is 11.7. The molecule has 0 spiro atoms. The van der Waals surface area contributed by atoms with Crippen LogP contribution in [0.25, 0.3) is 10.9 Å². The minimum absolute atomic E-state index is 0.0703. The number of aryl methyl sites for hydroxylation is 1. The fraction of sp³-hybridized carbons (Fsp3) is 0.393. The largest absolute Gasteiger partial charge is 0.497 e. The number of fused-ring (bicyclic) bond motifs is 4. The molecule has 4 heterocycles. The van der Waals surface area contributed by atoms with Crippen molar-refractivity contribution in [3.05, 3.63) is 78.5 Å². The van der Waals surface area contributed by atoms with Gasteiger partial charge < -0.3 is 4.74 Å². The molecule has 0 amide bonds. The maximum absolute atomic E-state index is 13.8. The van der Waals surface area contributed by atoms with Crippen molar-refractivity contribution in [1.29, 1.82) is 0 Å². The number of benzene rings is 2. The average Bonchev–Trinajstić information content (AvgIpc) is 2.87. The number of nitrogens with zero attached hydrogens (tertiary/aromatic N) is 2. The van der Waals surface area contributed by atoms with Crippen LogP contribution in [0.3, 0.4) is 0 Å². The van der Waals surface area contributed by atoms with Crippen molar-refractivity contribution < 1.29 is 13.2 Å². The number of piperidine rings is 3. The molecule has 3 fully saturated rings. The molecular weight excluding hydrogens is 444 g/mol. The van der Waals surface area contributed by atoms with Gasteiger partial charge in [-0.2, -0.15) is 0 Å². The second-order valence-electron chi connectivity index (χ2n) is 9.68. The molecule has 3 aliphatic rings. The molecule has 0 radical (unpaired) electrons. The lowest BCUT2D eigenvalue weighted by Gasteiger charge is -2.51. The summed E-state index contributed by atoms with van der Waals surface area (Å²) >= 11 is 0. The first kappa shape index (κ1) is 23.1. The number of pyridine rings is 1. The number of ether oxygens (including phenoxy) is 1. The summed E-state index contributed by atoms with van der Waals surface area (Å²) in [6, 6.07) is 15.3. The van der Waals surface area contributed by atoms with Gasteiger partial charge in [0.05, 0.1) is 23.3 Å². The van der Waals surface area contributed by atoms with Gasteiger partial charge in [-0.25, -0.2) is 8.42 Å². The summed E-state index contributed by atoms with van der Waals surface area (Å²) in [4.78, 5) is 7.48. The van der Waals surface area contributed by atoms with Crippen LogP contribution >= 0.6 is 0 Å². The summed E-state index contributed by atoms with van der Waals surface area (Å²) in [5.74, 6) is 1.68. The molecule has 3 unspecified atom stereocenters. The molecule has 0 saturated carbocycles. The van der Waals surface area contributed by atoms with Crippen molar-refractivity contribution in [3.8, 4) is 5.75 Å². The third-order valence-electron chi connectivity index (χ3n) is 7.83. The van der Waals surface area contributed by atoms with Crippen LogP contribution in [0.2, 0.25) is 0 Å². The number of hydrogen-bond donors (Lipinski definition) is 0. The van der Waals surface area contributed by atoms with Gasteiger partial charge in [0.2, 0.25) is 0 Å². The zero-order valence-corrected chi connectivity index (χ0v) is 20.7. The Hall–Kier alpha value is -2.70. The van der Waals surface area contributed by atoms with Gasteiger partial charge in [0.25, 0.3) is 0 Å². The van der Waals surface area contributed by atoms with E-state index in [4.69, 9.17) is 4.74 Å². The molecule has 1 aromatic heterocycles. The first-order chi connectivity index (χ1) is 16.4. The van der Waals surface area contributed by atoms with E-state index in [1.807, 2.05) is 49.4 Å². The molecule has 6 heteroatoms.